The van der Waals surface area contributed by atoms with Crippen molar-refractivity contribution in [3.05, 3.63) is 47.7 Å². The topological polar surface area (TPSA) is 59.5 Å². The van der Waals surface area contributed by atoms with Gasteiger partial charge in [0, 0.05) is 17.6 Å². The minimum Gasteiger partial charge on any atom is -0.464 e. The zero-order valence-electron chi connectivity index (χ0n) is 11.9. The van der Waals surface area contributed by atoms with Crippen molar-refractivity contribution in [3.63, 3.8) is 0 Å². The second-order valence-corrected chi connectivity index (χ2v) is 5.75. The lowest BCUT2D eigenvalue weighted by Crippen LogP contribution is -2.27. The van der Waals surface area contributed by atoms with Crippen LogP contribution in [-0.2, 0) is 11.3 Å². The second kappa shape index (κ2) is 6.67. The van der Waals surface area contributed by atoms with E-state index in [1.54, 1.807) is 11.9 Å². The molecule has 6 heteroatoms. The quantitative estimate of drug-likeness (QED) is 0.681. The van der Waals surface area contributed by atoms with Crippen LogP contribution >= 0.6 is 11.8 Å². The molecule has 2 aromatic rings. The van der Waals surface area contributed by atoms with E-state index in [1.165, 1.54) is 30.0 Å². The summed E-state index contributed by atoms with van der Waals surface area (Å²) in [6.07, 6.45) is 0. The first kappa shape index (κ1) is 15.4. The molecule has 0 aliphatic carbocycles. The third-order valence-corrected chi connectivity index (χ3v) is 4.00. The smallest absolute Gasteiger partial charge is 0.233 e. The van der Waals surface area contributed by atoms with E-state index in [0.29, 0.717) is 17.1 Å². The summed E-state index contributed by atoms with van der Waals surface area (Å²) in [6, 6.07) is 7.83. The van der Waals surface area contributed by atoms with Gasteiger partial charge in [0.05, 0.1) is 12.3 Å². The minimum absolute atomic E-state index is 0.0716. The molecule has 1 aromatic heterocycles. The van der Waals surface area contributed by atoms with Crippen molar-refractivity contribution in [2.45, 2.75) is 18.4 Å². The lowest BCUT2D eigenvalue weighted by Gasteiger charge is -2.15. The minimum atomic E-state index is -0.362. The molecule has 0 aliphatic heterocycles. The fourth-order valence-corrected chi connectivity index (χ4v) is 2.70. The van der Waals surface area contributed by atoms with Crippen molar-refractivity contribution in [1.82, 2.24) is 4.90 Å². The van der Waals surface area contributed by atoms with Gasteiger partial charge >= 0.3 is 0 Å². The maximum absolute atomic E-state index is 13.1. The number of hydrogen-bond donors (Lipinski definition) is 1. The molecule has 0 bridgehead atoms. The molecule has 0 aliphatic rings. The highest BCUT2D eigenvalue weighted by Crippen LogP contribution is 2.26. The van der Waals surface area contributed by atoms with Crippen LogP contribution in [0, 0.1) is 12.7 Å². The van der Waals surface area contributed by atoms with E-state index in [4.69, 9.17) is 10.2 Å². The molecule has 21 heavy (non-hydrogen) atoms. The van der Waals surface area contributed by atoms with Gasteiger partial charge in [-0.25, -0.2) is 4.39 Å². The molecule has 4 nitrogen and oxygen atoms in total. The number of amides is 1. The predicted molar refractivity (Wildman–Crippen MR) is 81.5 cm³/mol. The first-order valence-corrected chi connectivity index (χ1v) is 7.41. The number of thioether (sulfide) groups is 1. The summed E-state index contributed by atoms with van der Waals surface area (Å²) in [4.78, 5) is 14.2. The van der Waals surface area contributed by atoms with Crippen LogP contribution in [0.15, 0.2) is 39.6 Å². The van der Waals surface area contributed by atoms with E-state index < -0.39 is 0 Å². The molecule has 2 N–H and O–H groups in total. The van der Waals surface area contributed by atoms with Gasteiger partial charge in [0.25, 0.3) is 0 Å². The third-order valence-electron chi connectivity index (χ3n) is 2.94. The number of nitrogens with zero attached hydrogens (tertiary/aromatic N) is 1. The molecule has 0 unspecified atom stereocenters. The fraction of sp³-hybridized carbons (Fsp3) is 0.267. The van der Waals surface area contributed by atoms with Crippen molar-refractivity contribution < 1.29 is 13.6 Å². The molecule has 2 rings (SSSR count). The summed E-state index contributed by atoms with van der Waals surface area (Å²) in [6.45, 7) is 2.26. The molecule has 0 saturated heterocycles. The Bertz CT molecular complexity index is 642. The van der Waals surface area contributed by atoms with Crippen LogP contribution < -0.4 is 5.73 Å². The van der Waals surface area contributed by atoms with Crippen molar-refractivity contribution in [2.75, 3.05) is 18.5 Å². The molecule has 1 amide bonds. The molecule has 0 spiro atoms. The number of carbonyl (C=O) groups is 1. The zero-order valence-corrected chi connectivity index (χ0v) is 12.7. The molecule has 0 radical (unpaired) electrons. The van der Waals surface area contributed by atoms with Crippen LogP contribution in [0.3, 0.4) is 0 Å². The number of benzene rings is 1. The van der Waals surface area contributed by atoms with Crippen LogP contribution in [0.1, 0.15) is 11.5 Å². The standard InChI is InChI=1S/C15H17FN2O2S/c1-10-3-5-12(20-10)8-18(2)15(19)9-21-14-7-11(16)4-6-13(14)17/h3-7H,8-9,17H2,1-2H3. The van der Waals surface area contributed by atoms with Crippen molar-refractivity contribution >= 4 is 23.4 Å². The highest BCUT2D eigenvalue weighted by molar-refractivity contribution is 8.00. The van der Waals surface area contributed by atoms with Crippen LogP contribution in [0.5, 0.6) is 0 Å². The number of carbonyl (C=O) groups excluding carboxylic acids is 1. The van der Waals surface area contributed by atoms with Crippen molar-refractivity contribution in [1.29, 1.82) is 0 Å². The summed E-state index contributed by atoms with van der Waals surface area (Å²) in [7, 11) is 1.70. The lowest BCUT2D eigenvalue weighted by molar-refractivity contribution is -0.127. The van der Waals surface area contributed by atoms with Crippen LogP contribution in [-0.4, -0.2) is 23.6 Å². The Kier molecular flexibility index (Phi) is 4.90. The monoisotopic (exact) mass is 308 g/mol. The van der Waals surface area contributed by atoms with Gasteiger partial charge in [-0.1, -0.05) is 0 Å². The Hall–Kier alpha value is -1.95. The summed E-state index contributed by atoms with van der Waals surface area (Å²) >= 11 is 1.23. The van der Waals surface area contributed by atoms with E-state index >= 15 is 0 Å². The Morgan fingerprint density at radius 2 is 2.14 bits per heavy atom. The lowest BCUT2D eigenvalue weighted by atomic mass is 10.3. The molecule has 0 fully saturated rings. The third kappa shape index (κ3) is 4.26. The molecule has 112 valence electrons. The number of halogens is 1. The predicted octanol–water partition coefficient (Wildman–Crippen LogP) is 3.06. The summed E-state index contributed by atoms with van der Waals surface area (Å²) in [5.74, 6) is 1.31. The van der Waals surface area contributed by atoms with Crippen LogP contribution in [0.25, 0.3) is 0 Å². The first-order chi connectivity index (χ1) is 9.95. The number of nitrogens with two attached hydrogens (primary N) is 1. The van der Waals surface area contributed by atoms with E-state index in [0.717, 1.165) is 11.5 Å². The normalized spacial score (nSPS) is 10.6. The fourth-order valence-electron chi connectivity index (χ4n) is 1.77. The number of rotatable bonds is 5. The van der Waals surface area contributed by atoms with Crippen LogP contribution in [0.4, 0.5) is 10.1 Å². The Labute approximate surface area is 127 Å². The Balaban J connectivity index is 1.90. The van der Waals surface area contributed by atoms with E-state index in [9.17, 15) is 9.18 Å². The Morgan fingerprint density at radius 1 is 1.38 bits per heavy atom. The number of anilines is 1. The average molecular weight is 308 g/mol. The largest absolute Gasteiger partial charge is 0.464 e. The van der Waals surface area contributed by atoms with Gasteiger partial charge in [-0.15, -0.1) is 11.8 Å². The van der Waals surface area contributed by atoms with Gasteiger partial charge in [0.1, 0.15) is 17.3 Å². The summed E-state index contributed by atoms with van der Waals surface area (Å²) in [5.41, 5.74) is 6.22. The van der Waals surface area contributed by atoms with Gasteiger partial charge < -0.3 is 15.1 Å². The van der Waals surface area contributed by atoms with E-state index in [1.807, 2.05) is 19.1 Å². The maximum atomic E-state index is 13.1. The number of nitrogen functional groups attached to an aromatic ring is 1. The molecular formula is C15H17FN2O2S. The number of furan rings is 1. The molecule has 1 aromatic carbocycles. The molecular weight excluding hydrogens is 291 g/mol. The van der Waals surface area contributed by atoms with Crippen LogP contribution in [0.2, 0.25) is 0 Å². The molecule has 0 atom stereocenters. The SMILES string of the molecule is Cc1ccc(CN(C)C(=O)CSc2cc(F)ccc2N)o1. The summed E-state index contributed by atoms with van der Waals surface area (Å²) < 4.78 is 18.6. The van der Waals surface area contributed by atoms with Gasteiger partial charge in [-0.2, -0.15) is 0 Å². The van der Waals surface area contributed by atoms with Gasteiger partial charge in [-0.3, -0.25) is 4.79 Å². The van der Waals surface area contributed by atoms with E-state index in [-0.39, 0.29) is 17.5 Å². The van der Waals surface area contributed by atoms with Crippen molar-refractivity contribution in [3.8, 4) is 0 Å². The number of aryl methyl sites for hydroxylation is 1. The second-order valence-electron chi connectivity index (χ2n) is 4.73. The Morgan fingerprint density at radius 3 is 2.81 bits per heavy atom. The molecule has 1 heterocycles. The number of hydrogen-bond acceptors (Lipinski definition) is 4. The van der Waals surface area contributed by atoms with Gasteiger partial charge in [0.2, 0.25) is 5.91 Å². The highest BCUT2D eigenvalue weighted by atomic mass is 32.2. The van der Waals surface area contributed by atoms with Gasteiger partial charge in [-0.05, 0) is 37.3 Å². The average Bonchev–Trinajstić information content (AvgIpc) is 2.84. The van der Waals surface area contributed by atoms with Crippen molar-refractivity contribution in [2.24, 2.45) is 0 Å². The molecule has 0 saturated carbocycles. The first-order valence-electron chi connectivity index (χ1n) is 6.43. The highest BCUT2D eigenvalue weighted by Gasteiger charge is 2.13. The summed E-state index contributed by atoms with van der Waals surface area (Å²) in [5, 5.41) is 0. The van der Waals surface area contributed by atoms with E-state index in [2.05, 4.69) is 0 Å². The maximum Gasteiger partial charge on any atom is 0.233 e. The van der Waals surface area contributed by atoms with Gasteiger partial charge in [0.15, 0.2) is 0 Å². The zero-order chi connectivity index (χ0) is 15.4.